The maximum absolute atomic E-state index is 4.25. The van der Waals surface area contributed by atoms with Crippen LogP contribution < -0.4 is 24.0 Å². The monoisotopic (exact) mass is 307 g/mol. The fourth-order valence-corrected chi connectivity index (χ4v) is 0. The summed E-state index contributed by atoms with van der Waals surface area (Å²) >= 11 is 0. The third-order valence-electron chi connectivity index (χ3n) is 0. The van der Waals surface area contributed by atoms with Crippen molar-refractivity contribution in [2.75, 3.05) is 0 Å². The van der Waals surface area contributed by atoms with Gasteiger partial charge in [0.25, 0.3) is 0 Å². The van der Waals surface area contributed by atoms with Gasteiger partial charge in [0.1, 0.15) is 0 Å². The molecule has 0 aliphatic heterocycles. The van der Waals surface area contributed by atoms with Gasteiger partial charge in [0, 0.05) is 0 Å². The van der Waals surface area contributed by atoms with E-state index < -0.39 is 0 Å². The molecule has 25 valence electrons. The predicted octanol–water partition coefficient (Wildman–Crippen LogP) is -2.39. The van der Waals surface area contributed by atoms with Gasteiger partial charge in [0.2, 0.25) is 0 Å². The molecule has 4 heavy (non-hydrogen) atoms. The van der Waals surface area contributed by atoms with Crippen molar-refractivity contribution in [3.8, 4) is 0 Å². The van der Waals surface area contributed by atoms with Crippen LogP contribution in [-0.4, -0.2) is 0 Å². The summed E-state index contributed by atoms with van der Waals surface area (Å²) < 4.78 is 0. The van der Waals surface area contributed by atoms with Crippen molar-refractivity contribution in [2.45, 2.75) is 0 Å². The predicted molar refractivity (Wildman–Crippen MR) is 9.93 cm³/mol. The molecule has 0 aliphatic rings. The van der Waals surface area contributed by atoms with Crippen LogP contribution in [-0.2, 0) is 0 Å². The van der Waals surface area contributed by atoms with E-state index in [1.54, 1.807) is 0 Å². The van der Waals surface area contributed by atoms with Gasteiger partial charge in [-0.15, -0.1) is 0 Å². The van der Waals surface area contributed by atoms with Crippen molar-refractivity contribution >= 4 is 0 Å². The van der Waals surface area contributed by atoms with E-state index in [1.807, 2.05) is 0 Å². The van der Waals surface area contributed by atoms with Gasteiger partial charge in [0.05, 0.1) is 0 Å². The van der Waals surface area contributed by atoms with Crippen molar-refractivity contribution in [3.63, 3.8) is 0 Å². The zero-order valence-electron chi connectivity index (χ0n) is 2.04. The smallest absolute Gasteiger partial charge is 1.00 e. The van der Waals surface area contributed by atoms with E-state index in [4.69, 9.17) is 0 Å². The Morgan fingerprint density at radius 2 is 1.25 bits per heavy atom. The number of rotatable bonds is 0. The van der Waals surface area contributed by atoms with Crippen LogP contribution in [0.15, 0.2) is 6.58 Å². The van der Waals surface area contributed by atoms with Gasteiger partial charge >= 0.3 is 49.4 Å². The van der Waals surface area contributed by atoms with Crippen LogP contribution in [0, 0.1) is 56.0 Å². The Kier molecular flexibility index (Phi) is 81.6. The van der Waals surface area contributed by atoms with Crippen LogP contribution in [0.1, 0.15) is 0 Å². The van der Waals surface area contributed by atoms with Crippen LogP contribution >= 0.6 is 0 Å². The molecule has 0 aromatic rings. The summed E-state index contributed by atoms with van der Waals surface area (Å²) in [6.45, 7) is 7.00. The van der Waals surface area contributed by atoms with E-state index in [0.29, 0.717) is 0 Å². The van der Waals surface area contributed by atoms with Crippen molar-refractivity contribution in [3.05, 3.63) is 13.2 Å². The molecule has 1 radical (unpaired) electrons. The SMILES string of the molecule is [CH-]=C.[Eu+2].[I-]. The Balaban J connectivity index is -0.00000000500. The zero-order chi connectivity index (χ0) is 2.00. The minimum Gasteiger partial charge on any atom is -1.00 e. The standard InChI is InChI=1S/C2H3.Eu.HI/c1-2;;/h1H,2H2;;1H/q-1;+2;/p-1. The van der Waals surface area contributed by atoms with Gasteiger partial charge in [-0.2, -0.15) is 0 Å². The summed E-state index contributed by atoms with van der Waals surface area (Å²) in [5.74, 6) is 0. The molecule has 0 saturated heterocycles. The van der Waals surface area contributed by atoms with Gasteiger partial charge in [-0.1, -0.05) is 0 Å². The summed E-state index contributed by atoms with van der Waals surface area (Å²) in [5, 5.41) is 0. The van der Waals surface area contributed by atoms with Crippen molar-refractivity contribution in [2.24, 2.45) is 0 Å². The van der Waals surface area contributed by atoms with Gasteiger partial charge in [0.15, 0.2) is 0 Å². The van der Waals surface area contributed by atoms with Gasteiger partial charge in [-0.05, 0) is 0 Å². The first-order valence-electron chi connectivity index (χ1n) is 0.408. The quantitative estimate of drug-likeness (QED) is 0.346. The first kappa shape index (κ1) is 16.6. The van der Waals surface area contributed by atoms with Crippen molar-refractivity contribution in [1.29, 1.82) is 0 Å². The molecule has 0 atom stereocenters. The number of hydrogen-bond acceptors (Lipinski definition) is 0. The van der Waals surface area contributed by atoms with E-state index in [-0.39, 0.29) is 73.4 Å². The fourth-order valence-electron chi connectivity index (χ4n) is 0. The maximum Gasteiger partial charge on any atom is 2.00 e. The maximum atomic E-state index is 4.25. The number of hydrogen-bond donors (Lipinski definition) is 0. The van der Waals surface area contributed by atoms with Crippen LogP contribution in [0.25, 0.3) is 0 Å². The molecule has 0 aromatic carbocycles. The Labute approximate surface area is 84.6 Å². The fraction of sp³-hybridized carbons (Fsp3) is 0. The topological polar surface area (TPSA) is 0 Å². The molecule has 0 unspecified atom stereocenters. The molecule has 0 heterocycles. The van der Waals surface area contributed by atoms with Crippen molar-refractivity contribution < 1.29 is 73.4 Å². The second-order valence-corrected chi connectivity index (χ2v) is 0. The summed E-state index contributed by atoms with van der Waals surface area (Å²) in [7, 11) is 0. The largest absolute Gasteiger partial charge is 2.00 e. The Bertz CT molecular complexity index is 6.00. The molecule has 0 spiro atoms. The molecule has 2 heteroatoms. The van der Waals surface area contributed by atoms with Crippen LogP contribution in [0.5, 0.6) is 0 Å². The van der Waals surface area contributed by atoms with E-state index in [2.05, 4.69) is 13.2 Å². The molecule has 0 fully saturated rings. The average molecular weight is 306 g/mol. The van der Waals surface area contributed by atoms with Gasteiger partial charge in [-0.3, -0.25) is 6.58 Å². The van der Waals surface area contributed by atoms with E-state index in [1.165, 1.54) is 0 Å². The van der Waals surface area contributed by atoms with E-state index in [9.17, 15) is 0 Å². The van der Waals surface area contributed by atoms with Crippen LogP contribution in [0.2, 0.25) is 0 Å². The third-order valence-corrected chi connectivity index (χ3v) is 0. The van der Waals surface area contributed by atoms with Crippen LogP contribution in [0.3, 0.4) is 0 Å². The molecule has 0 saturated carbocycles. The molecule has 0 nitrogen and oxygen atoms in total. The first-order valence-corrected chi connectivity index (χ1v) is 0.408. The van der Waals surface area contributed by atoms with Gasteiger partial charge < -0.3 is 30.6 Å². The molecule has 0 aliphatic carbocycles. The second kappa shape index (κ2) is 19.7. The minimum atomic E-state index is 0. The molecule has 0 rings (SSSR count). The summed E-state index contributed by atoms with van der Waals surface area (Å²) in [5.41, 5.74) is 0. The summed E-state index contributed by atoms with van der Waals surface area (Å²) in [6, 6.07) is 0. The van der Waals surface area contributed by atoms with Crippen LogP contribution in [0.4, 0.5) is 0 Å². The van der Waals surface area contributed by atoms with E-state index in [0.717, 1.165) is 0 Å². The molecule has 0 N–H and O–H groups in total. The summed E-state index contributed by atoms with van der Waals surface area (Å²) in [4.78, 5) is 0. The Morgan fingerprint density at radius 1 is 1.25 bits per heavy atom. The minimum absolute atomic E-state index is 0. The van der Waals surface area contributed by atoms with Crippen molar-refractivity contribution in [1.82, 2.24) is 0 Å². The Morgan fingerprint density at radius 3 is 1.25 bits per heavy atom. The second-order valence-electron chi connectivity index (χ2n) is 0. The molecule has 0 aromatic heterocycles. The normalized spacial score (nSPS) is 1.00. The Hall–Kier alpha value is 2.05. The summed E-state index contributed by atoms with van der Waals surface area (Å²) in [6.07, 6.45) is 0. The molecular formula is C2H3EuI. The first-order chi connectivity index (χ1) is 1.00. The molecule has 0 amide bonds. The van der Waals surface area contributed by atoms with E-state index >= 15 is 0 Å². The zero-order valence-corrected chi connectivity index (χ0v) is 6.62. The molecule has 0 bridgehead atoms. The third kappa shape index (κ3) is 8.96. The average Bonchev–Trinajstić information content (AvgIpc) is 1.00. The number of halogens is 1. The van der Waals surface area contributed by atoms with Gasteiger partial charge in [-0.25, -0.2) is 0 Å². The molecular weight excluding hydrogens is 303 g/mol.